The van der Waals surface area contributed by atoms with Gasteiger partial charge in [0.15, 0.2) is 5.11 Å². The predicted octanol–water partition coefficient (Wildman–Crippen LogP) is 4.10. The number of rotatable bonds is 4. The second kappa shape index (κ2) is 8.08. The lowest BCUT2D eigenvalue weighted by atomic mass is 10.1. The Labute approximate surface area is 171 Å². The van der Waals surface area contributed by atoms with E-state index in [9.17, 15) is 14.0 Å². The lowest BCUT2D eigenvalue weighted by Gasteiger charge is -2.28. The van der Waals surface area contributed by atoms with E-state index in [4.69, 9.17) is 28.6 Å². The van der Waals surface area contributed by atoms with Crippen LogP contribution in [0.15, 0.2) is 48.0 Å². The summed E-state index contributed by atoms with van der Waals surface area (Å²) in [5.41, 5.74) is 0.609. The van der Waals surface area contributed by atoms with Crippen LogP contribution in [-0.4, -0.2) is 23.0 Å². The van der Waals surface area contributed by atoms with E-state index >= 15 is 0 Å². The van der Waals surface area contributed by atoms with E-state index < -0.39 is 17.6 Å². The quantitative estimate of drug-likeness (QED) is 0.461. The molecule has 28 heavy (non-hydrogen) atoms. The van der Waals surface area contributed by atoms with Crippen LogP contribution in [0.2, 0.25) is 5.02 Å². The first-order chi connectivity index (χ1) is 13.3. The van der Waals surface area contributed by atoms with Gasteiger partial charge in [0.2, 0.25) is 0 Å². The van der Waals surface area contributed by atoms with Gasteiger partial charge in [-0.3, -0.25) is 19.8 Å². The molecule has 0 spiro atoms. The molecule has 0 atom stereocenters. The predicted molar refractivity (Wildman–Crippen MR) is 110 cm³/mol. The molecule has 0 saturated carbocycles. The van der Waals surface area contributed by atoms with Gasteiger partial charge in [0, 0.05) is 0 Å². The minimum absolute atomic E-state index is 0.0479. The van der Waals surface area contributed by atoms with E-state index in [1.165, 1.54) is 24.3 Å². The lowest BCUT2D eigenvalue weighted by molar-refractivity contribution is -0.122. The van der Waals surface area contributed by atoms with Crippen LogP contribution < -0.4 is 15.0 Å². The van der Waals surface area contributed by atoms with Crippen molar-refractivity contribution in [1.82, 2.24) is 5.32 Å². The number of benzene rings is 2. The summed E-state index contributed by atoms with van der Waals surface area (Å²) in [4.78, 5) is 26.3. The Morgan fingerprint density at radius 3 is 2.61 bits per heavy atom. The number of carbonyl (C=O) groups excluding carboxylic acids is 2. The third-order valence-corrected chi connectivity index (χ3v) is 4.38. The van der Waals surface area contributed by atoms with E-state index in [1.807, 2.05) is 13.8 Å². The Morgan fingerprint density at radius 2 is 1.96 bits per heavy atom. The van der Waals surface area contributed by atoms with Gasteiger partial charge in [-0.2, -0.15) is 0 Å². The molecule has 0 aliphatic carbocycles. The molecule has 0 aromatic heterocycles. The maximum absolute atomic E-state index is 13.6. The second-order valence-electron chi connectivity index (χ2n) is 6.29. The zero-order valence-corrected chi connectivity index (χ0v) is 16.6. The molecule has 8 heteroatoms. The van der Waals surface area contributed by atoms with Gasteiger partial charge < -0.3 is 4.74 Å². The Bertz CT molecular complexity index is 1010. The fourth-order valence-corrected chi connectivity index (χ4v) is 3.14. The Hall–Kier alpha value is -2.77. The minimum Gasteiger partial charge on any atom is -0.489 e. The number of hydrogen-bond acceptors (Lipinski definition) is 4. The van der Waals surface area contributed by atoms with Gasteiger partial charge in [-0.1, -0.05) is 23.7 Å². The van der Waals surface area contributed by atoms with Crippen molar-refractivity contribution < 1.29 is 18.7 Å². The first-order valence-electron chi connectivity index (χ1n) is 8.39. The number of hydrogen-bond donors (Lipinski definition) is 1. The number of amides is 2. The molecule has 2 aromatic carbocycles. The van der Waals surface area contributed by atoms with E-state index in [-0.39, 0.29) is 22.5 Å². The molecule has 0 bridgehead atoms. The zero-order valence-electron chi connectivity index (χ0n) is 15.0. The summed E-state index contributed by atoms with van der Waals surface area (Å²) in [5.74, 6) is -1.32. The van der Waals surface area contributed by atoms with Crippen LogP contribution >= 0.6 is 23.8 Å². The third kappa shape index (κ3) is 4.21. The summed E-state index contributed by atoms with van der Waals surface area (Å²) in [5, 5.41) is 2.69. The Morgan fingerprint density at radius 1 is 1.21 bits per heavy atom. The number of carbonyl (C=O) groups is 2. The van der Waals surface area contributed by atoms with E-state index in [0.717, 1.165) is 11.0 Å². The number of halogens is 2. The summed E-state index contributed by atoms with van der Waals surface area (Å²) < 4.78 is 19.1. The van der Waals surface area contributed by atoms with Crippen LogP contribution in [0.1, 0.15) is 19.4 Å². The molecule has 0 radical (unpaired) electrons. The van der Waals surface area contributed by atoms with Crippen LogP contribution in [0, 0.1) is 5.82 Å². The second-order valence-corrected chi connectivity index (χ2v) is 7.09. The average molecular weight is 419 g/mol. The van der Waals surface area contributed by atoms with Crippen LogP contribution in [-0.2, 0) is 9.59 Å². The summed E-state index contributed by atoms with van der Waals surface area (Å²) in [6.45, 7) is 3.75. The number of ether oxygens (including phenoxy) is 1. The molecule has 2 aromatic rings. The van der Waals surface area contributed by atoms with Gasteiger partial charge in [0.05, 0.1) is 16.8 Å². The SMILES string of the molecule is CC(C)Oc1ccc(/C=C2\C(=O)NC(=S)N(c3cccc(F)c3)C2=O)cc1Cl. The largest absolute Gasteiger partial charge is 0.489 e. The lowest BCUT2D eigenvalue weighted by Crippen LogP contribution is -2.54. The van der Waals surface area contributed by atoms with E-state index in [0.29, 0.717) is 16.3 Å². The molecule has 144 valence electrons. The summed E-state index contributed by atoms with van der Waals surface area (Å²) in [6, 6.07) is 10.3. The highest BCUT2D eigenvalue weighted by atomic mass is 35.5. The molecule has 1 saturated heterocycles. The molecule has 1 heterocycles. The van der Waals surface area contributed by atoms with Crippen LogP contribution in [0.3, 0.4) is 0 Å². The highest BCUT2D eigenvalue weighted by Gasteiger charge is 2.34. The van der Waals surface area contributed by atoms with Crippen LogP contribution in [0.5, 0.6) is 5.75 Å². The molecule has 1 N–H and O–H groups in total. The maximum Gasteiger partial charge on any atom is 0.270 e. The standard InChI is InChI=1S/C20H16ClFN2O3S/c1-11(2)27-17-7-6-12(9-16(17)21)8-15-18(25)23-20(28)24(19(15)26)14-5-3-4-13(22)10-14/h3-11H,1-2H3,(H,23,25,28)/b15-8+. The first kappa shape index (κ1) is 20.0. The van der Waals surface area contributed by atoms with Gasteiger partial charge >= 0.3 is 0 Å². The molecule has 1 aliphatic rings. The molecule has 0 unspecified atom stereocenters. The number of anilines is 1. The summed E-state index contributed by atoms with van der Waals surface area (Å²) in [6.07, 6.45) is 1.35. The number of thiocarbonyl (C=S) groups is 1. The monoisotopic (exact) mass is 418 g/mol. The van der Waals surface area contributed by atoms with Crippen molar-refractivity contribution in [2.24, 2.45) is 0 Å². The van der Waals surface area contributed by atoms with Crippen molar-refractivity contribution >= 4 is 52.5 Å². The Balaban J connectivity index is 1.96. The van der Waals surface area contributed by atoms with Gasteiger partial charge in [-0.25, -0.2) is 4.39 Å². The third-order valence-electron chi connectivity index (χ3n) is 3.80. The smallest absolute Gasteiger partial charge is 0.270 e. The zero-order chi connectivity index (χ0) is 20.4. The molecule has 3 rings (SSSR count). The molecule has 2 amide bonds. The van der Waals surface area contributed by atoms with Crippen molar-refractivity contribution in [2.45, 2.75) is 20.0 Å². The van der Waals surface area contributed by atoms with Crippen LogP contribution in [0.4, 0.5) is 10.1 Å². The van der Waals surface area contributed by atoms with Gasteiger partial charge in [-0.05, 0) is 68.0 Å². The highest BCUT2D eigenvalue weighted by molar-refractivity contribution is 7.80. The summed E-state index contributed by atoms with van der Waals surface area (Å²) >= 11 is 11.3. The van der Waals surface area contributed by atoms with Crippen LogP contribution in [0.25, 0.3) is 6.08 Å². The fourth-order valence-electron chi connectivity index (χ4n) is 2.63. The number of nitrogens with zero attached hydrogens (tertiary/aromatic N) is 1. The topological polar surface area (TPSA) is 58.6 Å². The first-order valence-corrected chi connectivity index (χ1v) is 9.18. The van der Waals surface area contributed by atoms with E-state index in [2.05, 4.69) is 5.32 Å². The normalized spacial score (nSPS) is 16.0. The van der Waals surface area contributed by atoms with Gasteiger partial charge in [-0.15, -0.1) is 0 Å². The maximum atomic E-state index is 13.6. The molecule has 1 fully saturated rings. The minimum atomic E-state index is -0.655. The van der Waals surface area contributed by atoms with Crippen molar-refractivity contribution in [3.63, 3.8) is 0 Å². The van der Waals surface area contributed by atoms with Crippen molar-refractivity contribution in [2.75, 3.05) is 4.90 Å². The average Bonchev–Trinajstić information content (AvgIpc) is 2.60. The van der Waals surface area contributed by atoms with Crippen molar-refractivity contribution in [1.29, 1.82) is 0 Å². The van der Waals surface area contributed by atoms with Crippen molar-refractivity contribution in [3.05, 3.63) is 64.4 Å². The molecular formula is C20H16ClFN2O3S. The Kier molecular flexibility index (Phi) is 5.76. The number of nitrogens with one attached hydrogen (secondary N) is 1. The fraction of sp³-hybridized carbons (Fsp3) is 0.150. The molecule has 1 aliphatic heterocycles. The molecule has 5 nitrogen and oxygen atoms in total. The molecular weight excluding hydrogens is 403 g/mol. The van der Waals surface area contributed by atoms with E-state index in [1.54, 1.807) is 18.2 Å². The van der Waals surface area contributed by atoms with Crippen molar-refractivity contribution in [3.8, 4) is 5.75 Å². The van der Waals surface area contributed by atoms with Gasteiger partial charge in [0.25, 0.3) is 11.8 Å². The van der Waals surface area contributed by atoms with Gasteiger partial charge in [0.1, 0.15) is 17.1 Å². The highest BCUT2D eigenvalue weighted by Crippen LogP contribution is 2.28. The summed E-state index contributed by atoms with van der Waals surface area (Å²) in [7, 11) is 0.